The van der Waals surface area contributed by atoms with Crippen LogP contribution in [0.2, 0.25) is 0 Å². The highest BCUT2D eigenvalue weighted by Crippen LogP contribution is 2.31. The number of benzene rings is 2. The van der Waals surface area contributed by atoms with Crippen LogP contribution >= 0.6 is 23.5 Å². The van der Waals surface area contributed by atoms with Gasteiger partial charge in [0, 0.05) is 28.7 Å². The van der Waals surface area contributed by atoms with Gasteiger partial charge in [-0.05, 0) is 18.4 Å². The van der Waals surface area contributed by atoms with Crippen LogP contribution in [-0.2, 0) is 0 Å². The van der Waals surface area contributed by atoms with E-state index in [1.807, 2.05) is 12.3 Å². The summed E-state index contributed by atoms with van der Waals surface area (Å²) < 4.78 is 0. The number of rotatable bonds is 7. The number of hydrogen-bond donors (Lipinski definition) is 0. The minimum Gasteiger partial charge on any atom is -0.289 e. The number of ketones is 1. The Morgan fingerprint density at radius 3 is 2.45 bits per heavy atom. The monoisotopic (exact) mass is 333 g/mol. The second kappa shape index (κ2) is 8.00. The van der Waals surface area contributed by atoms with E-state index in [-0.39, 0.29) is 11.5 Å². The van der Waals surface area contributed by atoms with Crippen molar-refractivity contribution in [1.82, 2.24) is 0 Å². The van der Waals surface area contributed by atoms with Crippen molar-refractivity contribution in [1.29, 1.82) is 0 Å². The van der Waals surface area contributed by atoms with Gasteiger partial charge in [0.2, 0.25) is 0 Å². The van der Waals surface area contributed by atoms with Gasteiger partial charge in [-0.1, -0.05) is 30.3 Å². The lowest BCUT2D eigenvalue weighted by Crippen LogP contribution is -2.03. The van der Waals surface area contributed by atoms with Crippen molar-refractivity contribution in [2.24, 2.45) is 0 Å². The van der Waals surface area contributed by atoms with Gasteiger partial charge in [-0.15, -0.1) is 11.8 Å². The number of carbonyl (C=O) groups excluding carboxylic acids is 1. The highest BCUT2D eigenvalue weighted by atomic mass is 32.2. The summed E-state index contributed by atoms with van der Waals surface area (Å²) in [6.45, 7) is 0. The summed E-state index contributed by atoms with van der Waals surface area (Å²) in [5.74, 6) is 1.52. The van der Waals surface area contributed by atoms with Crippen LogP contribution in [0.5, 0.6) is 0 Å². The zero-order valence-electron chi connectivity index (χ0n) is 12.0. The fourth-order valence-corrected chi connectivity index (χ4v) is 3.58. The van der Waals surface area contributed by atoms with E-state index in [1.54, 1.807) is 48.2 Å². The molecule has 0 aromatic heterocycles. The average molecular weight is 333 g/mol. The van der Waals surface area contributed by atoms with E-state index in [2.05, 4.69) is 0 Å². The first-order valence-corrected chi connectivity index (χ1v) is 9.01. The Morgan fingerprint density at radius 1 is 1.09 bits per heavy atom. The quantitative estimate of drug-likeness (QED) is 0.249. The minimum atomic E-state index is -0.427. The van der Waals surface area contributed by atoms with Crippen molar-refractivity contribution in [2.75, 3.05) is 17.8 Å². The van der Waals surface area contributed by atoms with Crippen LogP contribution < -0.4 is 0 Å². The SMILES string of the molecule is CSCCSc1ccc(C(=O)c2ccccc2)cc1[N+](=O)[O-]. The van der Waals surface area contributed by atoms with Crippen molar-refractivity contribution in [3.05, 3.63) is 69.8 Å². The number of carbonyl (C=O) groups is 1. The predicted octanol–water partition coefficient (Wildman–Crippen LogP) is 4.28. The first-order valence-electron chi connectivity index (χ1n) is 6.63. The summed E-state index contributed by atoms with van der Waals surface area (Å²) in [6.07, 6.45) is 2.00. The molecule has 0 aliphatic heterocycles. The molecule has 114 valence electrons. The third kappa shape index (κ3) is 4.11. The molecule has 0 heterocycles. The van der Waals surface area contributed by atoms with E-state index < -0.39 is 4.92 Å². The summed E-state index contributed by atoms with van der Waals surface area (Å²) in [5.41, 5.74) is 0.861. The summed E-state index contributed by atoms with van der Waals surface area (Å²) in [4.78, 5) is 23.8. The van der Waals surface area contributed by atoms with Crippen LogP contribution in [-0.4, -0.2) is 28.5 Å². The Hall–Kier alpha value is -1.79. The summed E-state index contributed by atoms with van der Waals surface area (Å²) in [7, 11) is 0. The molecule has 0 amide bonds. The maximum Gasteiger partial charge on any atom is 0.283 e. The lowest BCUT2D eigenvalue weighted by molar-refractivity contribution is -0.387. The van der Waals surface area contributed by atoms with E-state index in [0.717, 1.165) is 11.5 Å². The number of nitro benzene ring substituents is 1. The molecule has 0 spiro atoms. The van der Waals surface area contributed by atoms with Crippen LogP contribution in [0.3, 0.4) is 0 Å². The van der Waals surface area contributed by atoms with Gasteiger partial charge in [-0.3, -0.25) is 14.9 Å². The Balaban J connectivity index is 2.29. The largest absolute Gasteiger partial charge is 0.289 e. The normalized spacial score (nSPS) is 10.4. The van der Waals surface area contributed by atoms with Gasteiger partial charge >= 0.3 is 0 Å². The van der Waals surface area contributed by atoms with Gasteiger partial charge in [-0.2, -0.15) is 11.8 Å². The second-order valence-electron chi connectivity index (χ2n) is 4.48. The smallest absolute Gasteiger partial charge is 0.283 e. The fraction of sp³-hybridized carbons (Fsp3) is 0.188. The molecule has 4 nitrogen and oxygen atoms in total. The first-order chi connectivity index (χ1) is 10.6. The molecular formula is C16H15NO3S2. The topological polar surface area (TPSA) is 60.2 Å². The molecule has 0 bridgehead atoms. The van der Waals surface area contributed by atoms with Crippen LogP contribution in [0.15, 0.2) is 53.4 Å². The molecule has 6 heteroatoms. The Morgan fingerprint density at radius 2 is 1.82 bits per heavy atom. The van der Waals surface area contributed by atoms with Crippen molar-refractivity contribution < 1.29 is 9.72 Å². The maximum atomic E-state index is 12.4. The van der Waals surface area contributed by atoms with Crippen molar-refractivity contribution >= 4 is 35.0 Å². The molecule has 0 saturated carbocycles. The van der Waals surface area contributed by atoms with Gasteiger partial charge in [0.05, 0.1) is 9.82 Å². The van der Waals surface area contributed by atoms with E-state index in [9.17, 15) is 14.9 Å². The molecule has 22 heavy (non-hydrogen) atoms. The fourth-order valence-electron chi connectivity index (χ4n) is 1.91. The number of nitrogens with zero attached hydrogens (tertiary/aromatic N) is 1. The third-order valence-electron chi connectivity index (χ3n) is 3.00. The van der Waals surface area contributed by atoms with Crippen LogP contribution in [0.1, 0.15) is 15.9 Å². The maximum absolute atomic E-state index is 12.4. The van der Waals surface area contributed by atoms with Crippen molar-refractivity contribution in [3.8, 4) is 0 Å². The Bertz CT molecular complexity index is 674. The van der Waals surface area contributed by atoms with Crippen LogP contribution in [0.4, 0.5) is 5.69 Å². The lowest BCUT2D eigenvalue weighted by Gasteiger charge is -2.05. The van der Waals surface area contributed by atoms with Gasteiger partial charge in [0.15, 0.2) is 5.78 Å². The Labute approximate surface area is 137 Å². The van der Waals surface area contributed by atoms with Crippen molar-refractivity contribution in [3.63, 3.8) is 0 Å². The number of hydrogen-bond acceptors (Lipinski definition) is 5. The van der Waals surface area contributed by atoms with Gasteiger partial charge in [-0.25, -0.2) is 0 Å². The summed E-state index contributed by atoms with van der Waals surface area (Å²) >= 11 is 3.14. The Kier molecular flexibility index (Phi) is 6.03. The molecule has 0 atom stereocenters. The van der Waals surface area contributed by atoms with Gasteiger partial charge in [0.1, 0.15) is 0 Å². The van der Waals surface area contributed by atoms with Gasteiger partial charge in [0.25, 0.3) is 5.69 Å². The molecule has 0 N–H and O–H groups in total. The predicted molar refractivity (Wildman–Crippen MR) is 92.1 cm³/mol. The summed E-state index contributed by atoms with van der Waals surface area (Å²) in [6, 6.07) is 13.5. The molecule has 2 aromatic rings. The molecule has 2 aromatic carbocycles. The zero-order valence-corrected chi connectivity index (χ0v) is 13.7. The zero-order chi connectivity index (χ0) is 15.9. The molecule has 0 unspecified atom stereocenters. The number of thioether (sulfide) groups is 2. The second-order valence-corrected chi connectivity index (χ2v) is 6.60. The highest BCUT2D eigenvalue weighted by Gasteiger charge is 2.18. The molecule has 0 saturated heterocycles. The minimum absolute atomic E-state index is 0.00659. The van der Waals surface area contributed by atoms with Crippen LogP contribution in [0, 0.1) is 10.1 Å². The standard InChI is InChI=1S/C16H15NO3S2/c1-21-9-10-22-15-8-7-13(11-14(15)17(19)20)16(18)12-5-3-2-4-6-12/h2-8,11H,9-10H2,1H3. The lowest BCUT2D eigenvalue weighted by atomic mass is 10.0. The molecule has 0 radical (unpaired) electrons. The molecule has 0 fully saturated rings. The van der Waals surface area contributed by atoms with E-state index in [1.165, 1.54) is 17.8 Å². The molecular weight excluding hydrogens is 318 g/mol. The number of nitro groups is 1. The molecule has 0 aliphatic carbocycles. The van der Waals surface area contributed by atoms with Crippen LogP contribution in [0.25, 0.3) is 0 Å². The van der Waals surface area contributed by atoms with E-state index in [0.29, 0.717) is 16.0 Å². The van der Waals surface area contributed by atoms with Crippen molar-refractivity contribution in [2.45, 2.75) is 4.90 Å². The first kappa shape index (κ1) is 16.6. The molecule has 2 rings (SSSR count). The average Bonchev–Trinajstić information content (AvgIpc) is 2.55. The van der Waals surface area contributed by atoms with Gasteiger partial charge < -0.3 is 0 Å². The van der Waals surface area contributed by atoms with E-state index >= 15 is 0 Å². The van der Waals surface area contributed by atoms with E-state index in [4.69, 9.17) is 0 Å². The highest BCUT2D eigenvalue weighted by molar-refractivity contribution is 8.02. The third-order valence-corrected chi connectivity index (χ3v) is 4.93. The molecule has 0 aliphatic rings. The summed E-state index contributed by atoms with van der Waals surface area (Å²) in [5, 5.41) is 11.2.